The summed E-state index contributed by atoms with van der Waals surface area (Å²) in [5.74, 6) is 0.462. The fraction of sp³-hybridized carbons (Fsp3) is 0.100. The number of ether oxygens (including phenoxy) is 1. The normalized spacial score (nSPS) is 10.1. The molecule has 0 atom stereocenters. The van der Waals surface area contributed by atoms with E-state index in [4.69, 9.17) is 21.4 Å². The fourth-order valence-corrected chi connectivity index (χ4v) is 1.19. The van der Waals surface area contributed by atoms with Crippen molar-refractivity contribution in [3.63, 3.8) is 0 Å². The van der Waals surface area contributed by atoms with E-state index in [0.717, 1.165) is 0 Å². The molecule has 0 fully saturated rings. The number of halogens is 1. The number of rotatable bonds is 3. The van der Waals surface area contributed by atoms with Gasteiger partial charge in [0, 0.05) is 30.2 Å². The molecule has 2 aromatic heterocycles. The molecule has 82 valence electrons. The summed E-state index contributed by atoms with van der Waals surface area (Å²) in [5, 5.41) is 9.28. The lowest BCUT2D eigenvalue weighted by atomic mass is 10.4. The van der Waals surface area contributed by atoms with Crippen LogP contribution in [0.4, 0.5) is 0 Å². The molecule has 0 aliphatic rings. The average molecular weight is 238 g/mol. The predicted octanol–water partition coefficient (Wildman–Crippen LogP) is 1.81. The fourth-order valence-electron chi connectivity index (χ4n) is 1.03. The van der Waals surface area contributed by atoms with Crippen molar-refractivity contribution in [2.24, 2.45) is 0 Å². The van der Waals surface area contributed by atoms with Crippen LogP contribution in [0.25, 0.3) is 0 Å². The van der Waals surface area contributed by atoms with Gasteiger partial charge in [0.1, 0.15) is 0 Å². The van der Waals surface area contributed by atoms with Gasteiger partial charge in [-0.2, -0.15) is 0 Å². The minimum absolute atomic E-state index is 0.0982. The molecule has 0 aliphatic heterocycles. The highest BCUT2D eigenvalue weighted by Gasteiger charge is 2.01. The van der Waals surface area contributed by atoms with E-state index in [9.17, 15) is 0 Å². The molecule has 0 radical (unpaired) electrons. The standard InChI is InChI=1S/C10H8ClN3O2/c11-8-1-9(5-12-4-8)16-10-13-2-7(6-15)3-14-10/h1-5,15H,6H2. The molecular weight excluding hydrogens is 230 g/mol. The molecule has 0 saturated heterocycles. The predicted molar refractivity (Wildman–Crippen MR) is 57.3 cm³/mol. The lowest BCUT2D eigenvalue weighted by Gasteiger charge is -2.03. The van der Waals surface area contributed by atoms with Gasteiger partial charge in [-0.1, -0.05) is 11.6 Å². The van der Waals surface area contributed by atoms with Crippen LogP contribution in [0.1, 0.15) is 5.56 Å². The Bertz CT molecular complexity index is 476. The van der Waals surface area contributed by atoms with Crippen molar-refractivity contribution >= 4 is 11.6 Å². The summed E-state index contributed by atoms with van der Waals surface area (Å²) < 4.78 is 5.31. The number of hydrogen-bond donors (Lipinski definition) is 1. The summed E-state index contributed by atoms with van der Waals surface area (Å²) in [7, 11) is 0. The Balaban J connectivity index is 2.14. The Hall–Kier alpha value is -1.72. The highest BCUT2D eigenvalue weighted by Crippen LogP contribution is 2.19. The zero-order valence-corrected chi connectivity index (χ0v) is 8.92. The van der Waals surface area contributed by atoms with Gasteiger partial charge in [-0.15, -0.1) is 0 Å². The molecule has 6 heteroatoms. The van der Waals surface area contributed by atoms with Crippen LogP contribution in [0, 0.1) is 0 Å². The quantitative estimate of drug-likeness (QED) is 0.882. The van der Waals surface area contributed by atoms with Crippen LogP contribution in [0.3, 0.4) is 0 Å². The smallest absolute Gasteiger partial charge is 0.321 e. The lowest BCUT2D eigenvalue weighted by molar-refractivity contribution is 0.280. The minimum atomic E-state index is -0.0982. The number of aliphatic hydroxyl groups excluding tert-OH is 1. The second-order valence-corrected chi connectivity index (χ2v) is 3.41. The van der Waals surface area contributed by atoms with Gasteiger partial charge >= 0.3 is 6.01 Å². The molecule has 0 amide bonds. The number of hydrogen-bond acceptors (Lipinski definition) is 5. The Morgan fingerprint density at radius 1 is 1.19 bits per heavy atom. The Morgan fingerprint density at radius 2 is 1.94 bits per heavy atom. The number of aliphatic hydroxyl groups is 1. The lowest BCUT2D eigenvalue weighted by Crippen LogP contribution is -1.94. The second-order valence-electron chi connectivity index (χ2n) is 2.97. The van der Waals surface area contributed by atoms with E-state index in [1.807, 2.05) is 0 Å². The number of nitrogens with zero attached hydrogens (tertiary/aromatic N) is 3. The van der Waals surface area contributed by atoms with Gasteiger partial charge in [-0.25, -0.2) is 9.97 Å². The summed E-state index contributed by atoms with van der Waals surface area (Å²) in [4.78, 5) is 11.7. The van der Waals surface area contributed by atoms with Crippen LogP contribution in [-0.2, 0) is 6.61 Å². The van der Waals surface area contributed by atoms with E-state index in [1.165, 1.54) is 24.8 Å². The van der Waals surface area contributed by atoms with Gasteiger partial charge in [0.2, 0.25) is 0 Å². The maximum Gasteiger partial charge on any atom is 0.321 e. The first-order valence-electron chi connectivity index (χ1n) is 4.48. The maximum absolute atomic E-state index is 8.81. The molecular formula is C10H8ClN3O2. The van der Waals surface area contributed by atoms with Crippen LogP contribution in [0.5, 0.6) is 11.8 Å². The zero-order chi connectivity index (χ0) is 11.4. The van der Waals surface area contributed by atoms with Gasteiger partial charge in [0.05, 0.1) is 17.8 Å². The highest BCUT2D eigenvalue weighted by atomic mass is 35.5. The molecule has 5 nitrogen and oxygen atoms in total. The largest absolute Gasteiger partial charge is 0.423 e. The molecule has 0 spiro atoms. The third-order valence-corrected chi connectivity index (χ3v) is 1.96. The van der Waals surface area contributed by atoms with Gasteiger partial charge < -0.3 is 9.84 Å². The third kappa shape index (κ3) is 2.65. The van der Waals surface area contributed by atoms with Crippen molar-refractivity contribution < 1.29 is 9.84 Å². The van der Waals surface area contributed by atoms with Gasteiger partial charge in [0.25, 0.3) is 0 Å². The van der Waals surface area contributed by atoms with Crippen LogP contribution >= 0.6 is 11.6 Å². The molecule has 0 saturated carbocycles. The van der Waals surface area contributed by atoms with Gasteiger partial charge in [0.15, 0.2) is 5.75 Å². The summed E-state index contributed by atoms with van der Waals surface area (Å²) in [6, 6.07) is 1.79. The van der Waals surface area contributed by atoms with Crippen molar-refractivity contribution in [2.75, 3.05) is 0 Å². The number of aromatic nitrogens is 3. The van der Waals surface area contributed by atoms with Crippen molar-refractivity contribution in [3.05, 3.63) is 41.4 Å². The Labute approximate surface area is 96.7 Å². The molecule has 2 heterocycles. The van der Waals surface area contributed by atoms with Crippen molar-refractivity contribution in [3.8, 4) is 11.8 Å². The monoisotopic (exact) mass is 237 g/mol. The second kappa shape index (κ2) is 4.87. The van der Waals surface area contributed by atoms with Crippen LogP contribution in [0.2, 0.25) is 5.02 Å². The van der Waals surface area contributed by atoms with E-state index in [-0.39, 0.29) is 12.6 Å². The first-order chi connectivity index (χ1) is 7.78. The molecule has 1 N–H and O–H groups in total. The summed E-state index contributed by atoms with van der Waals surface area (Å²) in [5.41, 5.74) is 0.622. The molecule has 0 bridgehead atoms. The van der Waals surface area contributed by atoms with Crippen LogP contribution < -0.4 is 4.74 Å². The van der Waals surface area contributed by atoms with E-state index in [0.29, 0.717) is 16.3 Å². The van der Waals surface area contributed by atoms with E-state index in [1.54, 1.807) is 6.07 Å². The molecule has 0 unspecified atom stereocenters. The van der Waals surface area contributed by atoms with Crippen LogP contribution in [0.15, 0.2) is 30.9 Å². The van der Waals surface area contributed by atoms with Crippen molar-refractivity contribution in [1.82, 2.24) is 15.0 Å². The molecule has 0 aliphatic carbocycles. The van der Waals surface area contributed by atoms with Crippen molar-refractivity contribution in [1.29, 1.82) is 0 Å². The zero-order valence-electron chi connectivity index (χ0n) is 8.17. The molecule has 16 heavy (non-hydrogen) atoms. The van der Waals surface area contributed by atoms with Gasteiger partial charge in [-0.05, 0) is 0 Å². The topological polar surface area (TPSA) is 68.1 Å². The average Bonchev–Trinajstić information content (AvgIpc) is 2.30. The third-order valence-electron chi connectivity index (χ3n) is 1.75. The molecule has 2 aromatic rings. The first-order valence-corrected chi connectivity index (χ1v) is 4.86. The van der Waals surface area contributed by atoms with E-state index < -0.39 is 0 Å². The van der Waals surface area contributed by atoms with Crippen LogP contribution in [-0.4, -0.2) is 20.1 Å². The van der Waals surface area contributed by atoms with E-state index >= 15 is 0 Å². The summed E-state index contributed by atoms with van der Waals surface area (Å²) in [6.45, 7) is -0.0982. The molecule has 0 aromatic carbocycles. The van der Waals surface area contributed by atoms with E-state index in [2.05, 4.69) is 15.0 Å². The van der Waals surface area contributed by atoms with Crippen molar-refractivity contribution in [2.45, 2.75) is 6.61 Å². The van der Waals surface area contributed by atoms with Gasteiger partial charge in [-0.3, -0.25) is 4.98 Å². The summed E-state index contributed by atoms with van der Waals surface area (Å²) >= 11 is 5.74. The Morgan fingerprint density at radius 3 is 2.56 bits per heavy atom. The minimum Gasteiger partial charge on any atom is -0.423 e. The number of pyridine rings is 1. The maximum atomic E-state index is 8.81. The highest BCUT2D eigenvalue weighted by molar-refractivity contribution is 6.30. The first kappa shape index (κ1) is 10.8. The molecule has 2 rings (SSSR count). The SMILES string of the molecule is OCc1cnc(Oc2cncc(Cl)c2)nc1. The summed E-state index contributed by atoms with van der Waals surface area (Å²) in [6.07, 6.45) is 5.99. The Kier molecular flexibility index (Phi) is 3.28.